The maximum atomic E-state index is 5.53. The Kier molecular flexibility index (Phi) is 3.89. The zero-order valence-electron chi connectivity index (χ0n) is 9.24. The number of ether oxygens (including phenoxy) is 1. The predicted octanol–water partition coefficient (Wildman–Crippen LogP) is 2.57. The van der Waals surface area contributed by atoms with Crippen LogP contribution < -0.4 is 5.32 Å². The van der Waals surface area contributed by atoms with E-state index in [-0.39, 0.29) is 12.3 Å². The van der Waals surface area contributed by atoms with Gasteiger partial charge in [-0.15, -0.1) is 0 Å². The molecule has 1 atom stereocenters. The van der Waals surface area contributed by atoms with Crippen LogP contribution in [-0.2, 0) is 4.74 Å². The smallest absolute Gasteiger partial charge is 0.127 e. The van der Waals surface area contributed by atoms with Crippen LogP contribution in [0, 0.1) is 6.92 Å². The highest BCUT2D eigenvalue weighted by atomic mass is 16.5. The molecule has 0 aliphatic heterocycles. The second-order valence-electron chi connectivity index (χ2n) is 3.69. The van der Waals surface area contributed by atoms with Crippen LogP contribution >= 0.6 is 0 Å². The first-order valence-corrected chi connectivity index (χ1v) is 4.92. The number of aromatic nitrogens is 1. The highest BCUT2D eigenvalue weighted by molar-refractivity contribution is 5.35. The number of nitrogens with one attached hydrogen (secondary N) is 1. The number of rotatable bonds is 4. The number of hydrogen-bond donors (Lipinski definition) is 1. The van der Waals surface area contributed by atoms with Gasteiger partial charge < -0.3 is 10.1 Å². The van der Waals surface area contributed by atoms with E-state index in [2.05, 4.69) is 10.3 Å². The van der Waals surface area contributed by atoms with Crippen molar-refractivity contribution >= 4 is 5.82 Å². The van der Waals surface area contributed by atoms with Gasteiger partial charge in [-0.05, 0) is 39.3 Å². The van der Waals surface area contributed by atoms with Crippen molar-refractivity contribution in [1.82, 2.24) is 4.98 Å². The Hall–Kier alpha value is -1.09. The third-order valence-electron chi connectivity index (χ3n) is 1.74. The molecule has 0 saturated carbocycles. The third-order valence-corrected chi connectivity index (χ3v) is 1.74. The molecule has 0 aliphatic carbocycles. The summed E-state index contributed by atoms with van der Waals surface area (Å²) in [6, 6.07) is 3.98. The van der Waals surface area contributed by atoms with Gasteiger partial charge in [-0.25, -0.2) is 4.98 Å². The lowest BCUT2D eigenvalue weighted by Crippen LogP contribution is -2.23. The van der Waals surface area contributed by atoms with Gasteiger partial charge in [-0.2, -0.15) is 0 Å². The van der Waals surface area contributed by atoms with Crippen molar-refractivity contribution < 1.29 is 4.74 Å². The molecule has 0 saturated heterocycles. The molecule has 0 amide bonds. The molecule has 1 aromatic heterocycles. The van der Waals surface area contributed by atoms with Crippen molar-refractivity contribution in [2.45, 2.75) is 40.0 Å². The number of anilines is 1. The van der Waals surface area contributed by atoms with Gasteiger partial charge in [0.25, 0.3) is 0 Å². The standard InChI is InChI=1S/C11H18N2O/c1-8(2)14-10(4)13-11-6-5-9(3)7-12-11/h5-8,10H,1-4H3,(H,12,13). The maximum absolute atomic E-state index is 5.53. The van der Waals surface area contributed by atoms with E-state index in [9.17, 15) is 0 Å². The van der Waals surface area contributed by atoms with Crippen LogP contribution in [0.2, 0.25) is 0 Å². The molecule has 1 heterocycles. The van der Waals surface area contributed by atoms with Gasteiger partial charge in [0.15, 0.2) is 0 Å². The monoisotopic (exact) mass is 194 g/mol. The fraction of sp³-hybridized carbons (Fsp3) is 0.545. The molecule has 0 bridgehead atoms. The van der Waals surface area contributed by atoms with Gasteiger partial charge in [0.05, 0.1) is 6.10 Å². The summed E-state index contributed by atoms with van der Waals surface area (Å²) in [5.74, 6) is 0.851. The van der Waals surface area contributed by atoms with Gasteiger partial charge in [0, 0.05) is 6.20 Å². The Balaban J connectivity index is 2.47. The second kappa shape index (κ2) is 4.96. The first-order chi connectivity index (χ1) is 6.58. The molecule has 3 nitrogen and oxygen atoms in total. The summed E-state index contributed by atoms with van der Waals surface area (Å²) in [5.41, 5.74) is 1.16. The average molecular weight is 194 g/mol. The van der Waals surface area contributed by atoms with Crippen molar-refractivity contribution in [2.24, 2.45) is 0 Å². The fourth-order valence-electron chi connectivity index (χ4n) is 1.20. The Morgan fingerprint density at radius 1 is 1.29 bits per heavy atom. The SMILES string of the molecule is Cc1ccc(NC(C)OC(C)C)nc1. The largest absolute Gasteiger partial charge is 0.356 e. The van der Waals surface area contributed by atoms with E-state index in [4.69, 9.17) is 4.74 Å². The van der Waals surface area contributed by atoms with E-state index in [0.717, 1.165) is 11.4 Å². The van der Waals surface area contributed by atoms with Crippen LogP contribution in [0.25, 0.3) is 0 Å². The molecule has 1 N–H and O–H groups in total. The van der Waals surface area contributed by atoms with E-state index in [1.807, 2.05) is 46.0 Å². The molecule has 0 aliphatic rings. The molecule has 0 spiro atoms. The topological polar surface area (TPSA) is 34.1 Å². The molecule has 14 heavy (non-hydrogen) atoms. The normalized spacial score (nSPS) is 12.9. The van der Waals surface area contributed by atoms with Crippen molar-refractivity contribution in [3.8, 4) is 0 Å². The summed E-state index contributed by atoms with van der Waals surface area (Å²) in [6.45, 7) is 8.02. The van der Waals surface area contributed by atoms with Crippen LogP contribution in [0.1, 0.15) is 26.3 Å². The quantitative estimate of drug-likeness (QED) is 0.748. The summed E-state index contributed by atoms with van der Waals surface area (Å²) < 4.78 is 5.53. The lowest BCUT2D eigenvalue weighted by molar-refractivity contribution is 0.0350. The summed E-state index contributed by atoms with van der Waals surface area (Å²) in [5, 5.41) is 3.17. The molecule has 0 aromatic carbocycles. The summed E-state index contributed by atoms with van der Waals surface area (Å²) in [4.78, 5) is 4.23. The molecule has 78 valence electrons. The van der Waals surface area contributed by atoms with Crippen molar-refractivity contribution in [1.29, 1.82) is 0 Å². The van der Waals surface area contributed by atoms with E-state index < -0.39 is 0 Å². The summed E-state index contributed by atoms with van der Waals surface area (Å²) in [6.07, 6.45) is 2.05. The van der Waals surface area contributed by atoms with Crippen molar-refractivity contribution in [2.75, 3.05) is 5.32 Å². The van der Waals surface area contributed by atoms with Gasteiger partial charge in [-0.1, -0.05) is 6.07 Å². The van der Waals surface area contributed by atoms with E-state index in [0.29, 0.717) is 0 Å². The Morgan fingerprint density at radius 3 is 2.50 bits per heavy atom. The van der Waals surface area contributed by atoms with Crippen LogP contribution in [0.5, 0.6) is 0 Å². The molecule has 3 heteroatoms. The fourth-order valence-corrected chi connectivity index (χ4v) is 1.20. The van der Waals surface area contributed by atoms with Gasteiger partial charge in [0.2, 0.25) is 0 Å². The van der Waals surface area contributed by atoms with Crippen LogP contribution in [0.15, 0.2) is 18.3 Å². The molecule has 1 rings (SSSR count). The predicted molar refractivity (Wildman–Crippen MR) is 58.3 cm³/mol. The molecular weight excluding hydrogens is 176 g/mol. The summed E-state index contributed by atoms with van der Waals surface area (Å²) >= 11 is 0. The molecule has 1 aromatic rings. The van der Waals surface area contributed by atoms with Crippen LogP contribution in [0.4, 0.5) is 5.82 Å². The zero-order valence-corrected chi connectivity index (χ0v) is 9.24. The Labute approximate surface area is 85.5 Å². The second-order valence-corrected chi connectivity index (χ2v) is 3.69. The van der Waals surface area contributed by atoms with Gasteiger partial charge >= 0.3 is 0 Å². The van der Waals surface area contributed by atoms with Crippen molar-refractivity contribution in [3.05, 3.63) is 23.9 Å². The minimum atomic E-state index is -0.00907. The molecular formula is C11H18N2O. The lowest BCUT2D eigenvalue weighted by Gasteiger charge is -2.17. The van der Waals surface area contributed by atoms with Crippen LogP contribution in [0.3, 0.4) is 0 Å². The maximum Gasteiger partial charge on any atom is 0.127 e. The first-order valence-electron chi connectivity index (χ1n) is 4.92. The van der Waals surface area contributed by atoms with Crippen molar-refractivity contribution in [3.63, 3.8) is 0 Å². The third kappa shape index (κ3) is 3.75. The lowest BCUT2D eigenvalue weighted by atomic mass is 10.3. The number of aryl methyl sites for hydroxylation is 1. The Bertz CT molecular complexity index is 269. The average Bonchev–Trinajstić information content (AvgIpc) is 2.07. The molecule has 0 radical (unpaired) electrons. The van der Waals surface area contributed by atoms with Gasteiger partial charge in [0.1, 0.15) is 12.0 Å². The zero-order chi connectivity index (χ0) is 10.6. The van der Waals surface area contributed by atoms with E-state index in [1.165, 1.54) is 0 Å². The van der Waals surface area contributed by atoms with Crippen LogP contribution in [-0.4, -0.2) is 17.3 Å². The van der Waals surface area contributed by atoms with Gasteiger partial charge in [-0.3, -0.25) is 0 Å². The first kappa shape index (κ1) is 11.0. The minimum Gasteiger partial charge on any atom is -0.356 e. The number of pyridine rings is 1. The highest BCUT2D eigenvalue weighted by Gasteiger charge is 2.04. The summed E-state index contributed by atoms with van der Waals surface area (Å²) in [7, 11) is 0. The molecule has 0 fully saturated rings. The van der Waals surface area contributed by atoms with E-state index in [1.54, 1.807) is 0 Å². The number of hydrogen-bond acceptors (Lipinski definition) is 3. The Morgan fingerprint density at radius 2 is 2.00 bits per heavy atom. The minimum absolute atomic E-state index is 0.00907. The van der Waals surface area contributed by atoms with E-state index >= 15 is 0 Å². The number of nitrogens with zero attached hydrogens (tertiary/aromatic N) is 1. The highest BCUT2D eigenvalue weighted by Crippen LogP contribution is 2.07. The molecule has 1 unspecified atom stereocenters.